The molecular weight excluding hydrogens is 124 g/mol. The van der Waals surface area contributed by atoms with Crippen molar-refractivity contribution < 1.29 is 0 Å². The van der Waals surface area contributed by atoms with Crippen molar-refractivity contribution in [2.45, 2.75) is 6.92 Å². The van der Waals surface area contributed by atoms with Crippen molar-refractivity contribution in [3.8, 4) is 0 Å². The van der Waals surface area contributed by atoms with E-state index in [0.29, 0.717) is 0 Å². The molecule has 0 aliphatic heterocycles. The van der Waals surface area contributed by atoms with Crippen LogP contribution in [-0.2, 0) is 0 Å². The van der Waals surface area contributed by atoms with Gasteiger partial charge in [0.1, 0.15) is 0 Å². The molecule has 10 heavy (non-hydrogen) atoms. The quantitative estimate of drug-likeness (QED) is 0.529. The zero-order valence-corrected chi connectivity index (χ0v) is 5.70. The van der Waals surface area contributed by atoms with Crippen molar-refractivity contribution in [3.05, 3.63) is 36.4 Å². The predicted octanol–water partition coefficient (Wildman–Crippen LogP) is 1.44. The molecule has 2 nitrogen and oxygen atoms in total. The van der Waals surface area contributed by atoms with E-state index in [1.165, 1.54) is 0 Å². The van der Waals surface area contributed by atoms with Crippen LogP contribution < -0.4 is 0 Å². The minimum absolute atomic E-state index is 1.03. The van der Waals surface area contributed by atoms with Crippen molar-refractivity contribution in [3.63, 3.8) is 0 Å². The van der Waals surface area contributed by atoms with E-state index in [1.54, 1.807) is 0 Å². The first-order chi connectivity index (χ1) is 4.86. The second kappa shape index (κ2) is 1.84. The summed E-state index contributed by atoms with van der Waals surface area (Å²) in [5, 5.41) is 0. The number of aromatic nitrogens is 2. The van der Waals surface area contributed by atoms with Crippen LogP contribution in [0.4, 0.5) is 0 Å². The molecule has 2 heterocycles. The summed E-state index contributed by atoms with van der Waals surface area (Å²) in [7, 11) is 0. The average molecular weight is 131 g/mol. The van der Waals surface area contributed by atoms with Gasteiger partial charge in [-0.15, -0.1) is 0 Å². The molecular formula is C8H7N2. The minimum atomic E-state index is 1.03. The lowest BCUT2D eigenvalue weighted by molar-refractivity contribution is 1.08. The summed E-state index contributed by atoms with van der Waals surface area (Å²) in [6.07, 6.45) is 5.71. The van der Waals surface area contributed by atoms with Crippen LogP contribution in [0.25, 0.3) is 5.52 Å². The molecule has 0 unspecified atom stereocenters. The third-order valence-corrected chi connectivity index (χ3v) is 1.47. The van der Waals surface area contributed by atoms with Crippen LogP contribution in [0, 0.1) is 13.0 Å². The molecule has 0 atom stereocenters. The molecule has 0 aromatic carbocycles. The summed E-state index contributed by atoms with van der Waals surface area (Å²) >= 11 is 0. The standard InChI is InChI=1S/C8H7N2/c1-7-6-10-4-2-3-8(10)5-9-7/h3-6H,1H3. The Balaban J connectivity index is 2.86. The monoisotopic (exact) mass is 131 g/mol. The van der Waals surface area contributed by atoms with E-state index in [1.807, 2.05) is 36.0 Å². The van der Waals surface area contributed by atoms with Gasteiger partial charge in [0, 0.05) is 18.5 Å². The van der Waals surface area contributed by atoms with Crippen LogP contribution in [0.3, 0.4) is 0 Å². The van der Waals surface area contributed by atoms with Crippen LogP contribution in [0.2, 0.25) is 0 Å². The molecule has 2 rings (SSSR count). The van der Waals surface area contributed by atoms with Crippen molar-refractivity contribution in [1.82, 2.24) is 9.38 Å². The van der Waals surface area contributed by atoms with E-state index in [9.17, 15) is 0 Å². The zero-order valence-electron chi connectivity index (χ0n) is 5.70. The smallest absolute Gasteiger partial charge is 0.0640 e. The second-order valence-electron chi connectivity index (χ2n) is 2.30. The molecule has 0 bridgehead atoms. The Bertz CT molecular complexity index is 349. The molecule has 0 spiro atoms. The Hall–Kier alpha value is -1.31. The highest BCUT2D eigenvalue weighted by atomic mass is 14.9. The van der Waals surface area contributed by atoms with Gasteiger partial charge in [0.2, 0.25) is 0 Å². The number of rotatable bonds is 0. The fourth-order valence-electron chi connectivity index (χ4n) is 0.970. The Labute approximate surface area is 59.1 Å². The van der Waals surface area contributed by atoms with E-state index in [0.717, 1.165) is 11.2 Å². The number of nitrogens with zero attached hydrogens (tertiary/aromatic N) is 2. The molecule has 49 valence electrons. The van der Waals surface area contributed by atoms with E-state index >= 15 is 0 Å². The second-order valence-corrected chi connectivity index (χ2v) is 2.30. The maximum absolute atomic E-state index is 4.14. The lowest BCUT2D eigenvalue weighted by Crippen LogP contribution is -1.85. The predicted molar refractivity (Wildman–Crippen MR) is 38.8 cm³/mol. The minimum Gasteiger partial charge on any atom is -0.320 e. The molecule has 0 saturated carbocycles. The fraction of sp³-hybridized carbons (Fsp3) is 0.125. The zero-order chi connectivity index (χ0) is 6.97. The van der Waals surface area contributed by atoms with Gasteiger partial charge in [0.25, 0.3) is 0 Å². The molecule has 1 radical (unpaired) electrons. The van der Waals surface area contributed by atoms with Crippen molar-refractivity contribution >= 4 is 5.52 Å². The van der Waals surface area contributed by atoms with Gasteiger partial charge in [-0.1, -0.05) is 0 Å². The molecule has 0 N–H and O–H groups in total. The first-order valence-corrected chi connectivity index (χ1v) is 3.17. The Morgan fingerprint density at radius 2 is 2.50 bits per heavy atom. The van der Waals surface area contributed by atoms with Crippen LogP contribution in [-0.4, -0.2) is 9.38 Å². The summed E-state index contributed by atoms with van der Waals surface area (Å²) in [5.74, 6) is 0. The molecule has 2 aromatic rings. The van der Waals surface area contributed by atoms with E-state index < -0.39 is 0 Å². The highest BCUT2D eigenvalue weighted by Gasteiger charge is 1.90. The van der Waals surface area contributed by atoms with Gasteiger partial charge in [-0.2, -0.15) is 0 Å². The number of aryl methyl sites for hydroxylation is 1. The lowest BCUT2D eigenvalue weighted by atomic mass is 10.5. The lowest BCUT2D eigenvalue weighted by Gasteiger charge is -1.93. The molecule has 2 heteroatoms. The summed E-state index contributed by atoms with van der Waals surface area (Å²) in [6, 6.07) is 4.90. The van der Waals surface area contributed by atoms with Crippen molar-refractivity contribution in [2.75, 3.05) is 0 Å². The Morgan fingerprint density at radius 3 is 3.40 bits per heavy atom. The van der Waals surface area contributed by atoms with Crippen molar-refractivity contribution in [2.24, 2.45) is 0 Å². The van der Waals surface area contributed by atoms with Crippen LogP contribution in [0.15, 0.2) is 24.7 Å². The third-order valence-electron chi connectivity index (χ3n) is 1.47. The van der Waals surface area contributed by atoms with Gasteiger partial charge in [-0.25, -0.2) is 0 Å². The topological polar surface area (TPSA) is 17.3 Å². The van der Waals surface area contributed by atoms with E-state index in [4.69, 9.17) is 0 Å². The Morgan fingerprint density at radius 1 is 1.60 bits per heavy atom. The van der Waals surface area contributed by atoms with Gasteiger partial charge in [0.05, 0.1) is 17.4 Å². The van der Waals surface area contributed by atoms with Gasteiger partial charge < -0.3 is 4.40 Å². The van der Waals surface area contributed by atoms with Gasteiger partial charge >= 0.3 is 0 Å². The normalized spacial score (nSPS) is 10.5. The van der Waals surface area contributed by atoms with E-state index in [2.05, 4.69) is 11.1 Å². The first kappa shape index (κ1) is 5.47. The number of hydrogen-bond acceptors (Lipinski definition) is 1. The molecule has 0 aliphatic carbocycles. The number of fused-ring (bicyclic) bond motifs is 1. The summed E-state index contributed by atoms with van der Waals surface area (Å²) < 4.78 is 2.00. The van der Waals surface area contributed by atoms with Gasteiger partial charge in [0.15, 0.2) is 0 Å². The molecule has 0 saturated heterocycles. The van der Waals surface area contributed by atoms with Crippen LogP contribution in [0.5, 0.6) is 0 Å². The highest BCUT2D eigenvalue weighted by molar-refractivity contribution is 5.44. The highest BCUT2D eigenvalue weighted by Crippen LogP contribution is 2.01. The van der Waals surface area contributed by atoms with Crippen LogP contribution in [0.1, 0.15) is 5.69 Å². The third kappa shape index (κ3) is 0.692. The maximum Gasteiger partial charge on any atom is 0.0640 e. The SMILES string of the molecule is Cc1cn2c[c]cc2cn1. The molecule has 0 fully saturated rings. The largest absolute Gasteiger partial charge is 0.320 e. The first-order valence-electron chi connectivity index (χ1n) is 3.17. The summed E-state index contributed by atoms with van der Waals surface area (Å²) in [5.41, 5.74) is 2.11. The maximum atomic E-state index is 4.14. The van der Waals surface area contributed by atoms with Gasteiger partial charge in [-0.05, 0) is 13.0 Å². The number of hydrogen-bond donors (Lipinski definition) is 0. The molecule has 2 aromatic heterocycles. The molecule has 0 amide bonds. The molecule has 0 aliphatic rings. The summed E-state index contributed by atoms with van der Waals surface area (Å²) in [4.78, 5) is 4.14. The average Bonchev–Trinajstić information content (AvgIpc) is 2.33. The fourth-order valence-corrected chi connectivity index (χ4v) is 0.970. The van der Waals surface area contributed by atoms with Crippen molar-refractivity contribution in [1.29, 1.82) is 0 Å². The van der Waals surface area contributed by atoms with E-state index in [-0.39, 0.29) is 0 Å². The van der Waals surface area contributed by atoms with Crippen LogP contribution >= 0.6 is 0 Å². The summed E-state index contributed by atoms with van der Waals surface area (Å²) in [6.45, 7) is 1.97. The van der Waals surface area contributed by atoms with Gasteiger partial charge in [-0.3, -0.25) is 4.98 Å². The Kier molecular flexibility index (Phi) is 1.01.